The van der Waals surface area contributed by atoms with Crippen molar-refractivity contribution in [1.29, 1.82) is 0 Å². The van der Waals surface area contributed by atoms with Crippen molar-refractivity contribution < 1.29 is 9.50 Å². The van der Waals surface area contributed by atoms with Gasteiger partial charge in [-0.3, -0.25) is 4.99 Å². The van der Waals surface area contributed by atoms with E-state index >= 15 is 0 Å². The zero-order valence-corrected chi connectivity index (χ0v) is 9.69. The molecule has 0 aromatic carbocycles. The summed E-state index contributed by atoms with van der Waals surface area (Å²) >= 11 is 0. The van der Waals surface area contributed by atoms with Crippen LogP contribution >= 0.6 is 0 Å². The first-order valence-electron chi connectivity index (χ1n) is 5.93. The van der Waals surface area contributed by atoms with Crippen LogP contribution in [0.2, 0.25) is 0 Å². The summed E-state index contributed by atoms with van der Waals surface area (Å²) in [6.07, 6.45) is 4.68. The minimum atomic E-state index is -0.728. The lowest BCUT2D eigenvalue weighted by atomic mass is 9.88. The number of nitrogens with zero attached hydrogens (tertiary/aromatic N) is 1. The van der Waals surface area contributed by atoms with Crippen molar-refractivity contribution >= 4 is 6.21 Å². The van der Waals surface area contributed by atoms with Crippen molar-refractivity contribution in [3.05, 3.63) is 0 Å². The van der Waals surface area contributed by atoms with Crippen LogP contribution in [-0.4, -0.2) is 30.1 Å². The van der Waals surface area contributed by atoms with Gasteiger partial charge in [-0.2, -0.15) is 0 Å². The van der Waals surface area contributed by atoms with Gasteiger partial charge in [0.05, 0.1) is 12.6 Å². The Morgan fingerprint density at radius 3 is 2.60 bits per heavy atom. The number of aliphatic hydroxyl groups excluding tert-OH is 1. The highest BCUT2D eigenvalue weighted by Crippen LogP contribution is 2.25. The van der Waals surface area contributed by atoms with Crippen molar-refractivity contribution in [3.63, 3.8) is 0 Å². The van der Waals surface area contributed by atoms with Crippen LogP contribution in [0.15, 0.2) is 4.99 Å². The fraction of sp³-hybridized carbons (Fsp3) is 0.917. The van der Waals surface area contributed by atoms with E-state index in [0.717, 1.165) is 19.3 Å². The monoisotopic (exact) mass is 215 g/mol. The number of aliphatic imine (C=N–C) groups is 1. The molecule has 2 nitrogen and oxygen atoms in total. The molecule has 1 fully saturated rings. The highest BCUT2D eigenvalue weighted by atomic mass is 19.1. The molecule has 0 heterocycles. The number of aliphatic hydroxyl groups is 1. The summed E-state index contributed by atoms with van der Waals surface area (Å²) in [6.45, 7) is 4.09. The molecule has 1 aliphatic carbocycles. The van der Waals surface area contributed by atoms with Gasteiger partial charge in [-0.05, 0) is 18.8 Å². The molecule has 88 valence electrons. The van der Waals surface area contributed by atoms with Gasteiger partial charge in [-0.25, -0.2) is 4.39 Å². The molecule has 0 radical (unpaired) electrons. The predicted molar refractivity (Wildman–Crippen MR) is 61.1 cm³/mol. The van der Waals surface area contributed by atoms with Crippen LogP contribution in [-0.2, 0) is 0 Å². The van der Waals surface area contributed by atoms with Gasteiger partial charge in [0, 0.05) is 12.1 Å². The zero-order chi connectivity index (χ0) is 11.3. The van der Waals surface area contributed by atoms with Crippen LogP contribution in [0, 0.1) is 11.8 Å². The normalized spacial score (nSPS) is 29.9. The van der Waals surface area contributed by atoms with Gasteiger partial charge >= 0.3 is 0 Å². The molecule has 3 heteroatoms. The molecule has 1 saturated carbocycles. The summed E-state index contributed by atoms with van der Waals surface area (Å²) in [4.78, 5) is 4.30. The van der Waals surface area contributed by atoms with Gasteiger partial charge in [-0.15, -0.1) is 0 Å². The maximum absolute atomic E-state index is 13.4. The summed E-state index contributed by atoms with van der Waals surface area (Å²) in [5, 5.41) is 9.08. The van der Waals surface area contributed by atoms with Gasteiger partial charge in [-0.1, -0.05) is 26.7 Å². The lowest BCUT2D eigenvalue weighted by Gasteiger charge is -2.23. The summed E-state index contributed by atoms with van der Waals surface area (Å²) in [6, 6.07) is -0.0703. The van der Waals surface area contributed by atoms with E-state index < -0.39 is 6.17 Å². The summed E-state index contributed by atoms with van der Waals surface area (Å²) in [7, 11) is 0. The highest BCUT2D eigenvalue weighted by molar-refractivity contribution is 5.62. The standard InChI is InChI=1S/C12H22FNO/c1-9(2)12(8-15)14-7-10-5-3-4-6-11(10)13/h7,9-12,15H,3-6,8H2,1-2H3/t10?,11?,12-/m1/s1. The quantitative estimate of drug-likeness (QED) is 0.718. The Balaban J connectivity index is 2.46. The fourth-order valence-electron chi connectivity index (χ4n) is 1.93. The molecule has 1 aliphatic rings. The molecular formula is C12H22FNO. The average Bonchev–Trinajstić information content (AvgIpc) is 2.21. The smallest absolute Gasteiger partial charge is 0.108 e. The number of alkyl halides is 1. The Bertz CT molecular complexity index is 206. The molecular weight excluding hydrogens is 193 g/mol. The first-order valence-corrected chi connectivity index (χ1v) is 5.93. The second-order valence-corrected chi connectivity index (χ2v) is 4.76. The van der Waals surface area contributed by atoms with Gasteiger partial charge in [0.25, 0.3) is 0 Å². The highest BCUT2D eigenvalue weighted by Gasteiger charge is 2.23. The largest absolute Gasteiger partial charge is 0.394 e. The van der Waals surface area contributed by atoms with Crippen LogP contribution < -0.4 is 0 Å². The Hall–Kier alpha value is -0.440. The van der Waals surface area contributed by atoms with Crippen molar-refractivity contribution in [3.8, 4) is 0 Å². The van der Waals surface area contributed by atoms with E-state index in [1.54, 1.807) is 6.21 Å². The van der Waals surface area contributed by atoms with Crippen LogP contribution in [0.5, 0.6) is 0 Å². The Morgan fingerprint density at radius 1 is 1.40 bits per heavy atom. The SMILES string of the molecule is CC(C)[C@@H](CO)N=CC1CCCCC1F. The first kappa shape index (κ1) is 12.6. The van der Waals surface area contributed by atoms with Gasteiger partial charge in [0.1, 0.15) is 6.17 Å². The van der Waals surface area contributed by atoms with E-state index in [1.807, 2.05) is 13.8 Å². The second kappa shape index (κ2) is 6.21. The molecule has 2 unspecified atom stereocenters. The number of rotatable bonds is 4. The molecule has 0 spiro atoms. The predicted octanol–water partition coefficient (Wildman–Crippen LogP) is 2.60. The third kappa shape index (κ3) is 3.90. The van der Waals surface area contributed by atoms with Crippen LogP contribution in [0.25, 0.3) is 0 Å². The van der Waals surface area contributed by atoms with Crippen LogP contribution in [0.3, 0.4) is 0 Å². The van der Waals surface area contributed by atoms with E-state index in [4.69, 9.17) is 5.11 Å². The molecule has 0 aromatic heterocycles. The van der Waals surface area contributed by atoms with E-state index in [0.29, 0.717) is 12.3 Å². The summed E-state index contributed by atoms with van der Waals surface area (Å²) in [5.41, 5.74) is 0. The Labute approximate surface area is 91.6 Å². The van der Waals surface area contributed by atoms with Crippen molar-refractivity contribution in [2.45, 2.75) is 51.7 Å². The maximum Gasteiger partial charge on any atom is 0.108 e. The molecule has 0 amide bonds. The average molecular weight is 215 g/mol. The molecule has 0 aromatic rings. The summed E-state index contributed by atoms with van der Waals surface area (Å²) < 4.78 is 13.4. The molecule has 0 aliphatic heterocycles. The minimum absolute atomic E-state index is 0.0217. The van der Waals surface area contributed by atoms with E-state index in [-0.39, 0.29) is 18.6 Å². The molecule has 1 N–H and O–H groups in total. The topological polar surface area (TPSA) is 32.6 Å². The third-order valence-electron chi connectivity index (χ3n) is 3.16. The lowest BCUT2D eigenvalue weighted by Crippen LogP contribution is -2.24. The zero-order valence-electron chi connectivity index (χ0n) is 9.69. The summed E-state index contributed by atoms with van der Waals surface area (Å²) in [5.74, 6) is 0.291. The number of hydrogen-bond acceptors (Lipinski definition) is 2. The van der Waals surface area contributed by atoms with Crippen LogP contribution in [0.1, 0.15) is 39.5 Å². The number of halogens is 1. The first-order chi connectivity index (χ1) is 7.15. The second-order valence-electron chi connectivity index (χ2n) is 4.76. The molecule has 0 bridgehead atoms. The van der Waals surface area contributed by atoms with Gasteiger partial charge in [0.2, 0.25) is 0 Å². The fourth-order valence-corrected chi connectivity index (χ4v) is 1.93. The van der Waals surface area contributed by atoms with Gasteiger partial charge in [0.15, 0.2) is 0 Å². The van der Waals surface area contributed by atoms with Crippen molar-refractivity contribution in [2.24, 2.45) is 16.8 Å². The van der Waals surface area contributed by atoms with Crippen LogP contribution in [0.4, 0.5) is 4.39 Å². The van der Waals surface area contributed by atoms with E-state index in [1.165, 1.54) is 0 Å². The van der Waals surface area contributed by atoms with Crippen molar-refractivity contribution in [1.82, 2.24) is 0 Å². The van der Waals surface area contributed by atoms with E-state index in [9.17, 15) is 4.39 Å². The van der Waals surface area contributed by atoms with E-state index in [2.05, 4.69) is 4.99 Å². The van der Waals surface area contributed by atoms with Crippen molar-refractivity contribution in [2.75, 3.05) is 6.61 Å². The third-order valence-corrected chi connectivity index (χ3v) is 3.16. The minimum Gasteiger partial charge on any atom is -0.394 e. The Kier molecular flexibility index (Phi) is 5.23. The molecule has 1 rings (SSSR count). The molecule has 0 saturated heterocycles. The lowest BCUT2D eigenvalue weighted by molar-refractivity contribution is 0.211. The molecule has 3 atom stereocenters. The Morgan fingerprint density at radius 2 is 2.07 bits per heavy atom. The maximum atomic E-state index is 13.4. The number of hydrogen-bond donors (Lipinski definition) is 1. The van der Waals surface area contributed by atoms with Gasteiger partial charge < -0.3 is 5.11 Å². The molecule has 15 heavy (non-hydrogen) atoms.